The number of nitrogens with two attached hydrogens (primary N) is 1. The van der Waals surface area contributed by atoms with Gasteiger partial charge in [-0.2, -0.15) is 5.10 Å². The number of aromatic nitrogens is 3. The monoisotopic (exact) mass is 230 g/mol. The van der Waals surface area contributed by atoms with Crippen LogP contribution in [0.3, 0.4) is 0 Å². The van der Waals surface area contributed by atoms with Crippen molar-refractivity contribution in [2.24, 2.45) is 5.92 Å². The average Bonchev–Trinajstić information content (AvgIpc) is 2.71. The lowest BCUT2D eigenvalue weighted by Gasteiger charge is -2.15. The van der Waals surface area contributed by atoms with Crippen LogP contribution >= 0.6 is 0 Å². The summed E-state index contributed by atoms with van der Waals surface area (Å²) in [6.07, 6.45) is 3.57. The van der Waals surface area contributed by atoms with Gasteiger partial charge in [-0.05, 0) is 12.0 Å². The Morgan fingerprint density at radius 2 is 2.06 bits per heavy atom. The molecule has 4 heteroatoms. The summed E-state index contributed by atoms with van der Waals surface area (Å²) in [5.74, 6) is 1.46. The topological polar surface area (TPSA) is 67.6 Å². The second kappa shape index (κ2) is 4.57. The number of aromatic amines is 1. The van der Waals surface area contributed by atoms with Gasteiger partial charge in [0.25, 0.3) is 0 Å². The molecule has 0 aliphatic carbocycles. The van der Waals surface area contributed by atoms with Gasteiger partial charge >= 0.3 is 0 Å². The molecule has 0 saturated carbocycles. The Morgan fingerprint density at radius 1 is 1.29 bits per heavy atom. The Labute approximate surface area is 101 Å². The summed E-state index contributed by atoms with van der Waals surface area (Å²) >= 11 is 0. The third kappa shape index (κ3) is 2.16. The molecule has 1 atom stereocenters. The predicted octanol–water partition coefficient (Wildman–Crippen LogP) is 2.81. The maximum atomic E-state index is 5.94. The normalized spacial score (nSPS) is 12.9. The number of rotatable bonds is 3. The van der Waals surface area contributed by atoms with E-state index in [9.17, 15) is 0 Å². The van der Waals surface area contributed by atoms with Crippen LogP contribution < -0.4 is 5.73 Å². The minimum Gasteiger partial charge on any atom is -0.382 e. The highest BCUT2D eigenvalue weighted by molar-refractivity contribution is 5.76. The first-order chi connectivity index (χ1) is 8.11. The molecule has 0 bridgehead atoms. The Bertz CT molecular complexity index is 487. The van der Waals surface area contributed by atoms with Gasteiger partial charge in [-0.3, -0.25) is 10.1 Å². The number of H-pyrrole nitrogens is 1. The number of hydrogen-bond acceptors (Lipinski definition) is 3. The number of nitrogens with zero attached hydrogens (tertiary/aromatic N) is 2. The number of pyridine rings is 1. The van der Waals surface area contributed by atoms with Gasteiger partial charge in [-0.15, -0.1) is 0 Å². The maximum Gasteiger partial charge on any atom is 0.153 e. The lowest BCUT2D eigenvalue weighted by Crippen LogP contribution is -2.04. The second-order valence-corrected chi connectivity index (χ2v) is 4.67. The van der Waals surface area contributed by atoms with Crippen molar-refractivity contribution in [3.05, 3.63) is 30.2 Å². The molecule has 3 N–H and O–H groups in total. The molecule has 2 aromatic rings. The molecule has 1 unspecified atom stereocenters. The standard InChI is InChI=1S/C13H18N4/c1-8(2)9(3)12-11(13(14)17-16-12)10-5-4-6-15-7-10/h4-9H,1-3H3,(H3,14,16,17). The summed E-state index contributed by atoms with van der Waals surface area (Å²) in [7, 11) is 0. The van der Waals surface area contributed by atoms with Crippen LogP contribution in [0.1, 0.15) is 32.4 Å². The largest absolute Gasteiger partial charge is 0.382 e. The fourth-order valence-corrected chi connectivity index (χ4v) is 1.85. The lowest BCUT2D eigenvalue weighted by molar-refractivity contribution is 0.523. The molecule has 0 spiro atoms. The van der Waals surface area contributed by atoms with E-state index in [1.54, 1.807) is 6.20 Å². The second-order valence-electron chi connectivity index (χ2n) is 4.67. The van der Waals surface area contributed by atoms with Crippen LogP contribution in [0.5, 0.6) is 0 Å². The van der Waals surface area contributed by atoms with Crippen molar-refractivity contribution >= 4 is 5.82 Å². The van der Waals surface area contributed by atoms with Crippen molar-refractivity contribution in [2.45, 2.75) is 26.7 Å². The predicted molar refractivity (Wildman–Crippen MR) is 69.5 cm³/mol. The molecular formula is C13H18N4. The van der Waals surface area contributed by atoms with Crippen LogP contribution in [0.4, 0.5) is 5.82 Å². The number of nitrogen functional groups attached to an aromatic ring is 1. The van der Waals surface area contributed by atoms with Crippen LogP contribution in [0.15, 0.2) is 24.5 Å². The molecule has 2 aromatic heterocycles. The molecule has 0 radical (unpaired) electrons. The van der Waals surface area contributed by atoms with Gasteiger partial charge in [-0.25, -0.2) is 0 Å². The van der Waals surface area contributed by atoms with E-state index in [0.717, 1.165) is 16.8 Å². The Morgan fingerprint density at radius 3 is 2.65 bits per heavy atom. The van der Waals surface area contributed by atoms with Crippen molar-refractivity contribution in [1.29, 1.82) is 0 Å². The van der Waals surface area contributed by atoms with E-state index in [0.29, 0.717) is 17.7 Å². The van der Waals surface area contributed by atoms with Crippen molar-refractivity contribution in [3.8, 4) is 11.1 Å². The first-order valence-electron chi connectivity index (χ1n) is 5.85. The van der Waals surface area contributed by atoms with E-state index in [1.165, 1.54) is 0 Å². The molecule has 0 aliphatic heterocycles. The minimum atomic E-state index is 0.384. The first-order valence-corrected chi connectivity index (χ1v) is 5.85. The highest BCUT2D eigenvalue weighted by atomic mass is 15.2. The van der Waals surface area contributed by atoms with Crippen LogP contribution in [-0.4, -0.2) is 15.2 Å². The summed E-state index contributed by atoms with van der Waals surface area (Å²) in [6, 6.07) is 3.91. The smallest absolute Gasteiger partial charge is 0.153 e. The lowest BCUT2D eigenvalue weighted by atomic mass is 9.90. The molecule has 0 fully saturated rings. The zero-order chi connectivity index (χ0) is 12.4. The molecule has 0 aromatic carbocycles. The molecular weight excluding hydrogens is 212 g/mol. The van der Waals surface area contributed by atoms with Gasteiger partial charge in [0, 0.05) is 35.1 Å². The average molecular weight is 230 g/mol. The van der Waals surface area contributed by atoms with E-state index in [2.05, 4.69) is 36.0 Å². The van der Waals surface area contributed by atoms with E-state index in [4.69, 9.17) is 5.73 Å². The van der Waals surface area contributed by atoms with Crippen LogP contribution in [-0.2, 0) is 0 Å². The summed E-state index contributed by atoms with van der Waals surface area (Å²) in [5.41, 5.74) is 9.03. The number of nitrogens with one attached hydrogen (secondary N) is 1. The highest BCUT2D eigenvalue weighted by Gasteiger charge is 2.20. The van der Waals surface area contributed by atoms with E-state index < -0.39 is 0 Å². The van der Waals surface area contributed by atoms with Crippen LogP contribution in [0.25, 0.3) is 11.1 Å². The van der Waals surface area contributed by atoms with Gasteiger partial charge in [-0.1, -0.05) is 26.8 Å². The third-order valence-corrected chi connectivity index (χ3v) is 3.23. The Hall–Kier alpha value is -1.84. The molecule has 17 heavy (non-hydrogen) atoms. The van der Waals surface area contributed by atoms with Gasteiger partial charge in [0.1, 0.15) is 0 Å². The van der Waals surface area contributed by atoms with E-state index in [-0.39, 0.29) is 0 Å². The molecule has 2 heterocycles. The maximum absolute atomic E-state index is 5.94. The van der Waals surface area contributed by atoms with Crippen molar-refractivity contribution in [1.82, 2.24) is 15.2 Å². The van der Waals surface area contributed by atoms with E-state index in [1.807, 2.05) is 18.3 Å². The Kier molecular flexibility index (Phi) is 3.13. The quantitative estimate of drug-likeness (QED) is 0.852. The third-order valence-electron chi connectivity index (χ3n) is 3.23. The van der Waals surface area contributed by atoms with Crippen molar-refractivity contribution in [3.63, 3.8) is 0 Å². The van der Waals surface area contributed by atoms with Crippen LogP contribution in [0.2, 0.25) is 0 Å². The van der Waals surface area contributed by atoms with Crippen molar-refractivity contribution < 1.29 is 0 Å². The van der Waals surface area contributed by atoms with Gasteiger partial charge in [0.05, 0.1) is 0 Å². The molecule has 90 valence electrons. The zero-order valence-corrected chi connectivity index (χ0v) is 10.4. The van der Waals surface area contributed by atoms with Gasteiger partial charge < -0.3 is 5.73 Å². The zero-order valence-electron chi connectivity index (χ0n) is 10.4. The van der Waals surface area contributed by atoms with Gasteiger partial charge in [0.2, 0.25) is 0 Å². The minimum absolute atomic E-state index is 0.384. The molecule has 2 rings (SSSR count). The summed E-state index contributed by atoms with van der Waals surface area (Å²) < 4.78 is 0. The number of hydrogen-bond donors (Lipinski definition) is 2. The molecule has 4 nitrogen and oxygen atoms in total. The summed E-state index contributed by atoms with van der Waals surface area (Å²) in [5, 5.41) is 7.17. The molecule has 0 saturated heterocycles. The number of anilines is 1. The fourth-order valence-electron chi connectivity index (χ4n) is 1.85. The molecule has 0 aliphatic rings. The van der Waals surface area contributed by atoms with Crippen molar-refractivity contribution in [2.75, 3.05) is 5.73 Å². The fraction of sp³-hybridized carbons (Fsp3) is 0.385. The highest BCUT2D eigenvalue weighted by Crippen LogP contribution is 2.34. The Balaban J connectivity index is 2.51. The van der Waals surface area contributed by atoms with E-state index >= 15 is 0 Å². The van der Waals surface area contributed by atoms with Crippen LogP contribution in [0, 0.1) is 5.92 Å². The summed E-state index contributed by atoms with van der Waals surface area (Å²) in [6.45, 7) is 6.56. The SMILES string of the molecule is CC(C)C(C)c1[nH]nc(N)c1-c1cccnc1. The summed E-state index contributed by atoms with van der Waals surface area (Å²) in [4.78, 5) is 4.13. The van der Waals surface area contributed by atoms with Gasteiger partial charge in [0.15, 0.2) is 5.82 Å². The molecule has 0 amide bonds. The first kappa shape index (κ1) is 11.6.